The van der Waals surface area contributed by atoms with Crippen LogP contribution in [0.2, 0.25) is 0 Å². The van der Waals surface area contributed by atoms with Crippen LogP contribution in [0.25, 0.3) is 5.69 Å². The monoisotopic (exact) mass is 398 g/mol. The lowest BCUT2D eigenvalue weighted by Crippen LogP contribution is -1.96. The molecular weight excluding hydrogens is 383 g/mol. The van der Waals surface area contributed by atoms with Crippen LogP contribution in [0.1, 0.15) is 10.7 Å². The van der Waals surface area contributed by atoms with E-state index in [2.05, 4.69) is 15.2 Å². The number of benzene rings is 2. The number of thioether (sulfide) groups is 1. The summed E-state index contributed by atoms with van der Waals surface area (Å²) in [6.45, 7) is 0.362. The molecule has 2 aromatic carbocycles. The van der Waals surface area contributed by atoms with Crippen LogP contribution in [-0.4, -0.2) is 19.7 Å². The number of hydrogen-bond acceptors (Lipinski definition) is 6. The van der Waals surface area contributed by atoms with Crippen molar-refractivity contribution in [2.75, 3.05) is 0 Å². The topological polar surface area (TPSA) is 52.8 Å². The zero-order chi connectivity index (χ0) is 18.5. The van der Waals surface area contributed by atoms with Crippen molar-refractivity contribution in [1.82, 2.24) is 19.7 Å². The molecule has 5 nitrogen and oxygen atoms in total. The molecule has 2 aromatic heterocycles. The number of aromatic nitrogens is 4. The minimum Gasteiger partial charge on any atom is -0.486 e. The first kappa shape index (κ1) is 17.7. The Morgan fingerprint density at radius 3 is 2.70 bits per heavy atom. The molecule has 4 rings (SSSR count). The van der Waals surface area contributed by atoms with Crippen LogP contribution in [0.15, 0.2) is 71.5 Å². The molecule has 0 atom stereocenters. The maximum atomic E-state index is 12.9. The van der Waals surface area contributed by atoms with Gasteiger partial charge in [-0.15, -0.1) is 21.5 Å². The van der Waals surface area contributed by atoms with E-state index in [1.807, 2.05) is 40.3 Å². The summed E-state index contributed by atoms with van der Waals surface area (Å²) in [5.74, 6) is 1.04. The minimum atomic E-state index is -0.278. The molecule has 0 bridgehead atoms. The molecule has 0 radical (unpaired) electrons. The van der Waals surface area contributed by atoms with Crippen molar-refractivity contribution in [3.05, 3.63) is 82.8 Å². The first-order valence-corrected chi connectivity index (χ1v) is 10.0. The van der Waals surface area contributed by atoms with Gasteiger partial charge < -0.3 is 4.74 Å². The average Bonchev–Trinajstić information content (AvgIpc) is 3.36. The van der Waals surface area contributed by atoms with Crippen molar-refractivity contribution in [3.63, 3.8) is 0 Å². The fourth-order valence-electron chi connectivity index (χ4n) is 2.38. The van der Waals surface area contributed by atoms with E-state index >= 15 is 0 Å². The number of thiazole rings is 1. The molecule has 4 aromatic rings. The molecule has 0 spiro atoms. The first-order valence-electron chi connectivity index (χ1n) is 8.18. The standard InChI is InChI=1S/C19H15FN4OS2/c20-14-6-8-17(9-7-14)25-10-18-22-15(11-26-18)12-27-19-23-21-13-24(19)16-4-2-1-3-5-16/h1-9,11,13H,10,12H2. The van der Waals surface area contributed by atoms with Crippen LogP contribution < -0.4 is 4.74 Å². The Morgan fingerprint density at radius 1 is 1.07 bits per heavy atom. The number of ether oxygens (including phenoxy) is 1. The number of hydrogen-bond donors (Lipinski definition) is 0. The lowest BCUT2D eigenvalue weighted by molar-refractivity contribution is 0.305. The molecule has 0 aliphatic rings. The first-order chi connectivity index (χ1) is 13.3. The van der Waals surface area contributed by atoms with Gasteiger partial charge in [-0.3, -0.25) is 4.57 Å². The largest absolute Gasteiger partial charge is 0.486 e. The molecule has 0 aliphatic heterocycles. The van der Waals surface area contributed by atoms with Gasteiger partial charge in [-0.2, -0.15) is 0 Å². The van der Waals surface area contributed by atoms with Gasteiger partial charge in [-0.25, -0.2) is 9.37 Å². The van der Waals surface area contributed by atoms with Crippen molar-refractivity contribution in [3.8, 4) is 11.4 Å². The zero-order valence-electron chi connectivity index (χ0n) is 14.2. The lowest BCUT2D eigenvalue weighted by Gasteiger charge is -2.05. The Hall–Kier alpha value is -2.71. The summed E-state index contributed by atoms with van der Waals surface area (Å²) in [4.78, 5) is 4.59. The smallest absolute Gasteiger partial charge is 0.195 e. The normalized spacial score (nSPS) is 10.9. The highest BCUT2D eigenvalue weighted by atomic mass is 32.2. The van der Waals surface area contributed by atoms with Gasteiger partial charge in [-0.1, -0.05) is 30.0 Å². The molecule has 0 saturated carbocycles. The second-order valence-electron chi connectivity index (χ2n) is 5.58. The maximum Gasteiger partial charge on any atom is 0.195 e. The van der Waals surface area contributed by atoms with Crippen molar-refractivity contribution in [2.45, 2.75) is 17.5 Å². The second-order valence-corrected chi connectivity index (χ2v) is 7.47. The third kappa shape index (κ3) is 4.53. The minimum absolute atomic E-state index is 0.278. The Bertz CT molecular complexity index is 1000. The molecule has 0 fully saturated rings. The van der Waals surface area contributed by atoms with E-state index in [0.717, 1.165) is 21.5 Å². The van der Waals surface area contributed by atoms with Crippen LogP contribution in [0, 0.1) is 5.82 Å². The quantitative estimate of drug-likeness (QED) is 0.421. The van der Waals surface area contributed by atoms with Crippen LogP contribution in [0.4, 0.5) is 4.39 Å². The summed E-state index contributed by atoms with van der Waals surface area (Å²) in [5, 5.41) is 11.9. The van der Waals surface area contributed by atoms with Crippen LogP contribution in [-0.2, 0) is 12.4 Å². The highest BCUT2D eigenvalue weighted by molar-refractivity contribution is 7.98. The zero-order valence-corrected chi connectivity index (χ0v) is 15.8. The van der Waals surface area contributed by atoms with Gasteiger partial charge in [0.1, 0.15) is 29.5 Å². The predicted octanol–water partition coefficient (Wildman–Crippen LogP) is 4.73. The average molecular weight is 398 g/mol. The van der Waals surface area contributed by atoms with Crippen LogP contribution in [0.3, 0.4) is 0 Å². The molecular formula is C19H15FN4OS2. The summed E-state index contributed by atoms with van der Waals surface area (Å²) in [5.41, 5.74) is 1.99. The van der Waals surface area contributed by atoms with Crippen molar-refractivity contribution in [2.24, 2.45) is 0 Å². The highest BCUT2D eigenvalue weighted by Crippen LogP contribution is 2.24. The third-order valence-corrected chi connectivity index (χ3v) is 5.52. The molecule has 136 valence electrons. The van der Waals surface area contributed by atoms with E-state index < -0.39 is 0 Å². The van der Waals surface area contributed by atoms with Gasteiger partial charge in [0.25, 0.3) is 0 Å². The number of rotatable bonds is 7. The van der Waals surface area contributed by atoms with Gasteiger partial charge in [0.15, 0.2) is 5.16 Å². The van der Waals surface area contributed by atoms with E-state index in [4.69, 9.17) is 4.74 Å². The maximum absolute atomic E-state index is 12.9. The highest BCUT2D eigenvalue weighted by Gasteiger charge is 2.09. The molecule has 0 unspecified atom stereocenters. The summed E-state index contributed by atoms with van der Waals surface area (Å²) in [7, 11) is 0. The molecule has 0 amide bonds. The summed E-state index contributed by atoms with van der Waals surface area (Å²) in [6, 6.07) is 15.9. The lowest BCUT2D eigenvalue weighted by atomic mass is 10.3. The Morgan fingerprint density at radius 2 is 1.89 bits per heavy atom. The molecule has 0 aliphatic carbocycles. The Balaban J connectivity index is 1.35. The Kier molecular flexibility index (Phi) is 5.45. The molecule has 0 saturated heterocycles. The van der Waals surface area contributed by atoms with Gasteiger partial charge in [0.05, 0.1) is 5.69 Å². The predicted molar refractivity (Wildman–Crippen MR) is 104 cm³/mol. The molecule has 27 heavy (non-hydrogen) atoms. The summed E-state index contributed by atoms with van der Waals surface area (Å²) < 4.78 is 20.5. The van der Waals surface area contributed by atoms with Gasteiger partial charge in [0, 0.05) is 16.8 Å². The van der Waals surface area contributed by atoms with E-state index in [1.54, 1.807) is 41.6 Å². The summed E-state index contributed by atoms with van der Waals surface area (Å²) in [6.07, 6.45) is 1.71. The number of nitrogens with zero attached hydrogens (tertiary/aromatic N) is 4. The van der Waals surface area contributed by atoms with E-state index in [9.17, 15) is 4.39 Å². The fraction of sp³-hybridized carbons (Fsp3) is 0.105. The van der Waals surface area contributed by atoms with Gasteiger partial charge in [0.2, 0.25) is 0 Å². The van der Waals surface area contributed by atoms with Gasteiger partial charge >= 0.3 is 0 Å². The van der Waals surface area contributed by atoms with Crippen LogP contribution >= 0.6 is 23.1 Å². The fourth-order valence-corrected chi connectivity index (χ4v) is 4.02. The summed E-state index contributed by atoms with van der Waals surface area (Å²) >= 11 is 3.13. The SMILES string of the molecule is Fc1ccc(OCc2nc(CSc3nncn3-c3ccccc3)cs2)cc1. The van der Waals surface area contributed by atoms with E-state index in [1.165, 1.54) is 12.1 Å². The van der Waals surface area contributed by atoms with Crippen LogP contribution in [0.5, 0.6) is 5.75 Å². The number of halogens is 1. The molecule has 2 heterocycles. The van der Waals surface area contributed by atoms with Crippen molar-refractivity contribution in [1.29, 1.82) is 0 Å². The Labute approximate surface area is 163 Å². The molecule has 0 N–H and O–H groups in total. The van der Waals surface area contributed by atoms with Gasteiger partial charge in [-0.05, 0) is 36.4 Å². The number of para-hydroxylation sites is 1. The van der Waals surface area contributed by atoms with Crippen molar-refractivity contribution < 1.29 is 9.13 Å². The van der Waals surface area contributed by atoms with E-state index in [0.29, 0.717) is 18.1 Å². The third-order valence-electron chi connectivity index (χ3n) is 3.68. The second kappa shape index (κ2) is 8.32. The van der Waals surface area contributed by atoms with Crippen molar-refractivity contribution >= 4 is 23.1 Å². The van der Waals surface area contributed by atoms with E-state index in [-0.39, 0.29) is 5.82 Å². The molecule has 8 heteroatoms.